The number of nitrogens with two attached hydrogens (primary N) is 1. The fraction of sp³-hybridized carbons (Fsp3) is 0. The first-order valence-electron chi connectivity index (χ1n) is 9.28. The number of nitrogens with zero attached hydrogens (tertiary/aromatic N) is 1. The number of fused-ring (bicyclic) bond motifs is 2. The van der Waals surface area contributed by atoms with Crippen LogP contribution in [0.1, 0.15) is 20.7 Å². The van der Waals surface area contributed by atoms with E-state index in [1.165, 1.54) is 24.3 Å². The van der Waals surface area contributed by atoms with E-state index >= 15 is 0 Å². The Morgan fingerprint density at radius 2 is 0.933 bits per heavy atom. The molecule has 1 heterocycles. The number of hydrazine groups is 1. The predicted molar refractivity (Wildman–Crippen MR) is 113 cm³/mol. The van der Waals surface area contributed by atoms with Crippen molar-refractivity contribution in [2.24, 2.45) is 5.84 Å². The van der Waals surface area contributed by atoms with Crippen molar-refractivity contribution in [3.05, 3.63) is 83.9 Å². The lowest BCUT2D eigenvalue weighted by atomic mass is 9.84. The van der Waals surface area contributed by atoms with E-state index in [0.29, 0.717) is 27.3 Å². The third-order valence-corrected chi connectivity index (χ3v) is 5.39. The number of carbonyl (C=O) groups is 2. The van der Waals surface area contributed by atoms with Gasteiger partial charge in [-0.2, -0.15) is 0 Å². The maximum Gasteiger partial charge on any atom is 0.276 e. The number of hydrogen-bond acceptors (Lipinski definition) is 5. The summed E-state index contributed by atoms with van der Waals surface area (Å²) in [6.07, 6.45) is 0. The average molecular weight is 396 g/mol. The predicted octanol–water partition coefficient (Wildman–Crippen LogP) is 4.05. The Morgan fingerprint density at radius 1 is 0.567 bits per heavy atom. The van der Waals surface area contributed by atoms with Crippen LogP contribution in [-0.4, -0.2) is 27.0 Å². The Kier molecular flexibility index (Phi) is 3.84. The van der Waals surface area contributed by atoms with Gasteiger partial charge >= 0.3 is 0 Å². The van der Waals surface area contributed by atoms with Gasteiger partial charge in [0.1, 0.15) is 11.5 Å². The van der Waals surface area contributed by atoms with Crippen molar-refractivity contribution in [2.75, 3.05) is 0 Å². The van der Waals surface area contributed by atoms with Gasteiger partial charge in [0.05, 0.1) is 11.1 Å². The Balaban J connectivity index is 1.98. The Hall–Kier alpha value is -4.16. The van der Waals surface area contributed by atoms with Crippen LogP contribution in [0.25, 0.3) is 33.0 Å². The van der Waals surface area contributed by atoms with Gasteiger partial charge in [-0.25, -0.2) is 10.9 Å². The molecule has 0 radical (unpaired) electrons. The summed E-state index contributed by atoms with van der Waals surface area (Å²) >= 11 is 0. The molecule has 0 spiro atoms. The molecule has 6 heteroatoms. The largest absolute Gasteiger partial charge is 0.508 e. The molecule has 0 unspecified atom stereocenters. The number of imide groups is 1. The molecule has 0 atom stereocenters. The van der Waals surface area contributed by atoms with E-state index in [0.717, 1.165) is 10.8 Å². The van der Waals surface area contributed by atoms with Gasteiger partial charge in [0, 0.05) is 11.1 Å². The van der Waals surface area contributed by atoms with E-state index in [1.54, 1.807) is 24.3 Å². The fourth-order valence-electron chi connectivity index (χ4n) is 4.06. The van der Waals surface area contributed by atoms with Crippen LogP contribution < -0.4 is 5.84 Å². The minimum absolute atomic E-state index is 0.100. The quantitative estimate of drug-likeness (QED) is 0.269. The monoisotopic (exact) mass is 396 g/mol. The number of phenols is 2. The van der Waals surface area contributed by atoms with Crippen LogP contribution in [0.4, 0.5) is 0 Å². The molecular weight excluding hydrogens is 380 g/mol. The zero-order valence-electron chi connectivity index (χ0n) is 15.7. The molecule has 4 aromatic rings. The van der Waals surface area contributed by atoms with E-state index in [4.69, 9.17) is 5.84 Å². The van der Waals surface area contributed by atoms with Crippen molar-refractivity contribution in [3.63, 3.8) is 0 Å². The van der Waals surface area contributed by atoms with E-state index in [2.05, 4.69) is 0 Å². The van der Waals surface area contributed by atoms with E-state index in [1.807, 2.05) is 24.3 Å². The number of rotatable bonds is 2. The van der Waals surface area contributed by atoms with Crippen LogP contribution >= 0.6 is 0 Å². The van der Waals surface area contributed by atoms with Gasteiger partial charge in [-0.3, -0.25) is 9.59 Å². The summed E-state index contributed by atoms with van der Waals surface area (Å²) in [7, 11) is 0. The molecule has 5 rings (SSSR count). The van der Waals surface area contributed by atoms with Crippen molar-refractivity contribution in [1.29, 1.82) is 0 Å². The summed E-state index contributed by atoms with van der Waals surface area (Å²) < 4.78 is 0. The Morgan fingerprint density at radius 3 is 1.30 bits per heavy atom. The van der Waals surface area contributed by atoms with Crippen LogP contribution in [0.15, 0.2) is 72.8 Å². The summed E-state index contributed by atoms with van der Waals surface area (Å²) in [5.74, 6) is 4.87. The molecule has 0 saturated heterocycles. The number of hydrogen-bond donors (Lipinski definition) is 3. The van der Waals surface area contributed by atoms with Crippen molar-refractivity contribution in [3.8, 4) is 33.8 Å². The zero-order chi connectivity index (χ0) is 21.0. The van der Waals surface area contributed by atoms with Crippen LogP contribution in [0.5, 0.6) is 11.5 Å². The summed E-state index contributed by atoms with van der Waals surface area (Å²) in [5, 5.41) is 21.6. The second-order valence-electron chi connectivity index (χ2n) is 7.12. The van der Waals surface area contributed by atoms with Gasteiger partial charge in [0.15, 0.2) is 0 Å². The number of amides is 2. The highest BCUT2D eigenvalue weighted by molar-refractivity contribution is 6.31. The first-order chi connectivity index (χ1) is 14.5. The van der Waals surface area contributed by atoms with Crippen LogP contribution in [0.2, 0.25) is 0 Å². The molecule has 1 aliphatic heterocycles. The lowest BCUT2D eigenvalue weighted by Gasteiger charge is -2.17. The van der Waals surface area contributed by atoms with Crippen LogP contribution in [-0.2, 0) is 0 Å². The third kappa shape index (κ3) is 2.48. The van der Waals surface area contributed by atoms with Gasteiger partial charge in [-0.15, -0.1) is 0 Å². The maximum absolute atomic E-state index is 13.0. The Bertz CT molecular complexity index is 1240. The SMILES string of the molecule is NN1C(=O)c2c(c(-c3ccc(O)cc3)c3ccccc3c2-c2ccc(O)cc2)C1=O. The number of carbonyl (C=O) groups excluding carboxylic acids is 2. The molecular formula is C24H16N2O4. The maximum atomic E-state index is 13.0. The van der Waals surface area contributed by atoms with E-state index in [9.17, 15) is 19.8 Å². The highest BCUT2D eigenvalue weighted by Gasteiger charge is 2.40. The lowest BCUT2D eigenvalue weighted by molar-refractivity contribution is 0.0654. The smallest absolute Gasteiger partial charge is 0.276 e. The number of phenolic OH excluding ortho intramolecular Hbond substituents is 2. The topological polar surface area (TPSA) is 104 Å². The van der Waals surface area contributed by atoms with Gasteiger partial charge in [-0.05, 0) is 46.2 Å². The normalized spacial score (nSPS) is 13.2. The molecule has 1 aliphatic rings. The first kappa shape index (κ1) is 17.9. The molecule has 6 nitrogen and oxygen atoms in total. The highest BCUT2D eigenvalue weighted by atomic mass is 16.3. The third-order valence-electron chi connectivity index (χ3n) is 5.39. The van der Waals surface area contributed by atoms with Gasteiger partial charge in [0.2, 0.25) is 0 Å². The summed E-state index contributed by atoms with van der Waals surface area (Å²) in [5.41, 5.74) is 3.02. The molecule has 0 fully saturated rings. The van der Waals surface area contributed by atoms with Gasteiger partial charge < -0.3 is 10.2 Å². The summed E-state index contributed by atoms with van der Waals surface area (Å²) in [4.78, 5) is 26.1. The van der Waals surface area contributed by atoms with Crippen molar-refractivity contribution < 1.29 is 19.8 Å². The van der Waals surface area contributed by atoms with E-state index < -0.39 is 11.8 Å². The number of benzene rings is 4. The lowest BCUT2D eigenvalue weighted by Crippen LogP contribution is -2.36. The molecule has 0 aromatic heterocycles. The minimum Gasteiger partial charge on any atom is -0.508 e. The van der Waals surface area contributed by atoms with Gasteiger partial charge in [-0.1, -0.05) is 48.5 Å². The molecule has 0 bridgehead atoms. The molecule has 0 aliphatic carbocycles. The van der Waals surface area contributed by atoms with Crippen molar-refractivity contribution in [2.45, 2.75) is 0 Å². The second-order valence-corrected chi connectivity index (χ2v) is 7.12. The fourth-order valence-corrected chi connectivity index (χ4v) is 4.06. The first-order valence-corrected chi connectivity index (χ1v) is 9.28. The zero-order valence-corrected chi connectivity index (χ0v) is 15.7. The molecule has 4 aromatic carbocycles. The Labute approximate surface area is 171 Å². The molecule has 146 valence electrons. The van der Waals surface area contributed by atoms with Crippen LogP contribution in [0.3, 0.4) is 0 Å². The highest BCUT2D eigenvalue weighted by Crippen LogP contribution is 2.45. The second kappa shape index (κ2) is 6.43. The van der Waals surface area contributed by atoms with E-state index in [-0.39, 0.29) is 22.6 Å². The van der Waals surface area contributed by atoms with Crippen LogP contribution in [0, 0.1) is 0 Å². The number of aromatic hydroxyl groups is 2. The van der Waals surface area contributed by atoms with Crippen molar-refractivity contribution in [1.82, 2.24) is 5.01 Å². The molecule has 2 amide bonds. The average Bonchev–Trinajstić information content (AvgIpc) is 2.98. The summed E-state index contributed by atoms with van der Waals surface area (Å²) in [6, 6.07) is 20.4. The standard InChI is InChI=1S/C24H16N2O4/c25-26-23(29)21-19(13-5-9-15(27)10-6-13)17-3-1-2-4-18(17)20(22(21)24(26)30)14-7-11-16(28)12-8-14/h1-12,27-28H,25H2. The molecule has 0 saturated carbocycles. The molecule has 30 heavy (non-hydrogen) atoms. The molecule has 4 N–H and O–H groups in total. The minimum atomic E-state index is -0.580. The van der Waals surface area contributed by atoms with Gasteiger partial charge in [0.25, 0.3) is 11.8 Å². The van der Waals surface area contributed by atoms with Crippen molar-refractivity contribution >= 4 is 22.6 Å². The summed E-state index contributed by atoms with van der Waals surface area (Å²) in [6.45, 7) is 0.